The molecule has 0 saturated heterocycles. The van der Waals surface area contributed by atoms with E-state index in [1.807, 2.05) is 18.5 Å². The first kappa shape index (κ1) is 9.08. The Morgan fingerprint density at radius 2 is 2.21 bits per heavy atom. The van der Waals surface area contributed by atoms with Crippen LogP contribution in [0.2, 0.25) is 0 Å². The Kier molecular flexibility index (Phi) is 2.17. The van der Waals surface area contributed by atoms with Crippen molar-refractivity contribution in [2.45, 2.75) is 6.92 Å². The van der Waals surface area contributed by atoms with Crippen LogP contribution in [-0.4, -0.2) is 20.8 Å². The Morgan fingerprint density at radius 3 is 2.71 bits per heavy atom. The van der Waals surface area contributed by atoms with Crippen molar-refractivity contribution in [1.82, 2.24) is 14.5 Å². The van der Waals surface area contributed by atoms with Crippen LogP contribution in [0.15, 0.2) is 12.4 Å². The number of hydrogen-bond acceptors (Lipinski definition) is 4. The third-order valence-electron chi connectivity index (χ3n) is 2.10. The zero-order chi connectivity index (χ0) is 10.1. The molecule has 4 nitrogen and oxygen atoms in total. The normalized spacial score (nSPS) is 10.4. The first-order valence-corrected chi connectivity index (χ1v) is 4.93. The number of carbonyl (C=O) groups excluding carboxylic acids is 1. The van der Waals surface area contributed by atoms with Gasteiger partial charge in [-0.1, -0.05) is 0 Å². The molecule has 0 bridgehead atoms. The van der Waals surface area contributed by atoms with Crippen molar-refractivity contribution in [1.29, 1.82) is 0 Å². The summed E-state index contributed by atoms with van der Waals surface area (Å²) >= 11 is 1.37. The van der Waals surface area contributed by atoms with E-state index in [4.69, 9.17) is 0 Å². The van der Waals surface area contributed by atoms with Crippen LogP contribution in [-0.2, 0) is 7.05 Å². The lowest BCUT2D eigenvalue weighted by Crippen LogP contribution is -1.92. The van der Waals surface area contributed by atoms with Gasteiger partial charge < -0.3 is 4.57 Å². The third-order valence-corrected chi connectivity index (χ3v) is 3.04. The summed E-state index contributed by atoms with van der Waals surface area (Å²) < 4.78 is 1.97. The SMILES string of the molecule is Cc1ncc(-c2cnc(C=O)s2)n1C. The highest BCUT2D eigenvalue weighted by atomic mass is 32.1. The zero-order valence-corrected chi connectivity index (χ0v) is 8.71. The second-order valence-corrected chi connectivity index (χ2v) is 3.99. The molecule has 0 aliphatic carbocycles. The van der Waals surface area contributed by atoms with Gasteiger partial charge in [0.2, 0.25) is 0 Å². The molecule has 0 aliphatic rings. The summed E-state index contributed by atoms with van der Waals surface area (Å²) in [5.74, 6) is 0.945. The predicted molar refractivity (Wildman–Crippen MR) is 54.4 cm³/mol. The van der Waals surface area contributed by atoms with Gasteiger partial charge in [-0.25, -0.2) is 9.97 Å². The summed E-state index contributed by atoms with van der Waals surface area (Å²) in [6, 6.07) is 0. The average Bonchev–Trinajstić information content (AvgIpc) is 2.75. The number of imidazole rings is 1. The summed E-state index contributed by atoms with van der Waals surface area (Å²) in [6.07, 6.45) is 4.25. The number of nitrogens with zero attached hydrogens (tertiary/aromatic N) is 3. The molecule has 0 N–H and O–H groups in total. The van der Waals surface area contributed by atoms with Crippen molar-refractivity contribution in [2.75, 3.05) is 0 Å². The molecule has 2 rings (SSSR count). The molecule has 2 aromatic heterocycles. The quantitative estimate of drug-likeness (QED) is 0.704. The molecule has 14 heavy (non-hydrogen) atoms. The molecule has 0 saturated carbocycles. The van der Waals surface area contributed by atoms with Gasteiger partial charge in [0, 0.05) is 13.2 Å². The smallest absolute Gasteiger partial charge is 0.178 e. The van der Waals surface area contributed by atoms with Gasteiger partial charge in [-0.15, -0.1) is 11.3 Å². The Labute approximate surface area is 85.2 Å². The number of carbonyl (C=O) groups is 1. The largest absolute Gasteiger partial charge is 0.331 e. The molecule has 0 fully saturated rings. The van der Waals surface area contributed by atoms with Crippen LogP contribution in [0.1, 0.15) is 15.6 Å². The fraction of sp³-hybridized carbons (Fsp3) is 0.222. The highest BCUT2D eigenvalue weighted by molar-refractivity contribution is 7.16. The number of hydrogen-bond donors (Lipinski definition) is 0. The summed E-state index contributed by atoms with van der Waals surface area (Å²) in [4.78, 5) is 19.6. The van der Waals surface area contributed by atoms with Crippen LogP contribution in [0.4, 0.5) is 0 Å². The van der Waals surface area contributed by atoms with Gasteiger partial charge in [0.15, 0.2) is 11.3 Å². The Bertz CT molecular complexity index is 472. The molecular weight excluding hydrogens is 198 g/mol. The van der Waals surface area contributed by atoms with Crippen LogP contribution in [0, 0.1) is 6.92 Å². The van der Waals surface area contributed by atoms with Crippen LogP contribution in [0.5, 0.6) is 0 Å². The third kappa shape index (κ3) is 1.35. The highest BCUT2D eigenvalue weighted by Gasteiger charge is 2.08. The number of aryl methyl sites for hydroxylation is 1. The minimum absolute atomic E-state index is 0.499. The topological polar surface area (TPSA) is 47.8 Å². The average molecular weight is 207 g/mol. The van der Waals surface area contributed by atoms with Gasteiger partial charge in [0.05, 0.1) is 16.8 Å². The molecule has 0 aliphatic heterocycles. The lowest BCUT2D eigenvalue weighted by atomic mass is 10.4. The minimum Gasteiger partial charge on any atom is -0.331 e. The second kappa shape index (κ2) is 3.34. The maximum Gasteiger partial charge on any atom is 0.178 e. The van der Waals surface area contributed by atoms with Gasteiger partial charge in [-0.2, -0.15) is 0 Å². The number of aromatic nitrogens is 3. The number of thiazole rings is 1. The van der Waals surface area contributed by atoms with Crippen LogP contribution in [0.25, 0.3) is 10.6 Å². The standard InChI is InChI=1S/C9H9N3OS/c1-6-10-3-7(12(6)2)8-4-11-9(5-13)14-8/h3-5H,1-2H3. The van der Waals surface area contributed by atoms with Crippen molar-refractivity contribution in [3.05, 3.63) is 23.2 Å². The molecule has 0 atom stereocenters. The molecule has 72 valence electrons. The van der Waals surface area contributed by atoms with E-state index in [1.54, 1.807) is 12.4 Å². The van der Waals surface area contributed by atoms with Gasteiger partial charge in [0.25, 0.3) is 0 Å². The van der Waals surface area contributed by atoms with E-state index in [2.05, 4.69) is 9.97 Å². The predicted octanol–water partition coefficient (Wildman–Crippen LogP) is 1.66. The molecule has 0 amide bonds. The van der Waals surface area contributed by atoms with E-state index in [9.17, 15) is 4.79 Å². The van der Waals surface area contributed by atoms with Crippen LogP contribution < -0.4 is 0 Å². The lowest BCUT2D eigenvalue weighted by molar-refractivity contribution is 0.112. The van der Waals surface area contributed by atoms with E-state index >= 15 is 0 Å². The molecule has 0 radical (unpaired) electrons. The molecular formula is C9H9N3OS. The molecule has 5 heteroatoms. The Balaban J connectivity index is 2.49. The highest BCUT2D eigenvalue weighted by Crippen LogP contribution is 2.25. The number of rotatable bonds is 2. The Morgan fingerprint density at radius 1 is 1.43 bits per heavy atom. The fourth-order valence-corrected chi connectivity index (χ4v) is 1.97. The van der Waals surface area contributed by atoms with Crippen molar-refractivity contribution >= 4 is 17.6 Å². The van der Waals surface area contributed by atoms with Crippen LogP contribution >= 0.6 is 11.3 Å². The van der Waals surface area contributed by atoms with Crippen molar-refractivity contribution in [3.63, 3.8) is 0 Å². The summed E-state index contributed by atoms with van der Waals surface area (Å²) in [5, 5.41) is 0.499. The van der Waals surface area contributed by atoms with Crippen molar-refractivity contribution < 1.29 is 4.79 Å². The maximum absolute atomic E-state index is 10.5. The van der Waals surface area contributed by atoms with Crippen LogP contribution in [0.3, 0.4) is 0 Å². The lowest BCUT2D eigenvalue weighted by Gasteiger charge is -1.98. The van der Waals surface area contributed by atoms with E-state index < -0.39 is 0 Å². The molecule has 0 unspecified atom stereocenters. The van der Waals surface area contributed by atoms with E-state index in [-0.39, 0.29) is 0 Å². The fourth-order valence-electron chi connectivity index (χ4n) is 1.19. The van der Waals surface area contributed by atoms with E-state index in [0.29, 0.717) is 5.01 Å². The van der Waals surface area contributed by atoms with Gasteiger partial charge in [0.1, 0.15) is 5.82 Å². The first-order chi connectivity index (χ1) is 6.72. The first-order valence-electron chi connectivity index (χ1n) is 4.12. The molecule has 0 aromatic carbocycles. The minimum atomic E-state index is 0.499. The monoisotopic (exact) mass is 207 g/mol. The van der Waals surface area contributed by atoms with E-state index in [0.717, 1.165) is 22.7 Å². The summed E-state index contributed by atoms with van der Waals surface area (Å²) in [7, 11) is 1.94. The van der Waals surface area contributed by atoms with Crippen molar-refractivity contribution in [3.8, 4) is 10.6 Å². The molecule has 2 heterocycles. The second-order valence-electron chi connectivity index (χ2n) is 2.93. The Hall–Kier alpha value is -1.49. The van der Waals surface area contributed by atoms with Gasteiger partial charge >= 0.3 is 0 Å². The molecule has 2 aromatic rings. The summed E-state index contributed by atoms with van der Waals surface area (Å²) in [5.41, 5.74) is 0.994. The van der Waals surface area contributed by atoms with Crippen molar-refractivity contribution in [2.24, 2.45) is 7.05 Å². The molecule has 0 spiro atoms. The zero-order valence-electron chi connectivity index (χ0n) is 7.89. The maximum atomic E-state index is 10.5. The number of aldehydes is 1. The van der Waals surface area contributed by atoms with Gasteiger partial charge in [-0.3, -0.25) is 4.79 Å². The summed E-state index contributed by atoms with van der Waals surface area (Å²) in [6.45, 7) is 1.94. The van der Waals surface area contributed by atoms with Gasteiger partial charge in [-0.05, 0) is 6.92 Å². The van der Waals surface area contributed by atoms with E-state index in [1.165, 1.54) is 11.3 Å².